The topological polar surface area (TPSA) is 67.0 Å². The Balaban J connectivity index is 1.76. The normalized spacial score (nSPS) is 11.6. The highest BCUT2D eigenvalue weighted by molar-refractivity contribution is 5.90. The Morgan fingerprint density at radius 3 is 1.43 bits per heavy atom. The molecule has 0 aromatic heterocycles. The van der Waals surface area contributed by atoms with E-state index in [1.54, 1.807) is 12.4 Å². The predicted octanol–water partition coefficient (Wildman–Crippen LogP) is 4.82. The lowest BCUT2D eigenvalue weighted by molar-refractivity contribution is 0.242. The molecule has 0 saturated carbocycles. The summed E-state index contributed by atoms with van der Waals surface area (Å²) in [6.45, 7) is 8.67. The van der Waals surface area contributed by atoms with E-state index in [2.05, 4.69) is 9.98 Å². The van der Waals surface area contributed by atoms with Gasteiger partial charge in [-0.05, 0) is 87.4 Å². The molecule has 0 radical (unpaired) electrons. The van der Waals surface area contributed by atoms with Gasteiger partial charge < -0.3 is 14.9 Å². The molecule has 0 fully saturated rings. The van der Waals surface area contributed by atoms with Gasteiger partial charge in [0.2, 0.25) is 0 Å². The zero-order valence-electron chi connectivity index (χ0n) is 17.1. The summed E-state index contributed by atoms with van der Waals surface area (Å²) in [4.78, 5) is 8.63. The van der Waals surface area contributed by atoms with Crippen LogP contribution in [0.25, 0.3) is 0 Å². The molecular formula is C23H29N3O2. The number of nitrogens with one attached hydrogen (secondary N) is 1. The summed E-state index contributed by atoms with van der Waals surface area (Å²) in [6.07, 6.45) is 3.86. The predicted molar refractivity (Wildman–Crippen MR) is 117 cm³/mol. The molecule has 0 amide bonds. The second kappa shape index (κ2) is 11.0. The Morgan fingerprint density at radius 1 is 0.750 bits per heavy atom. The fraction of sp³-hybridized carbons (Fsp3) is 0.348. The molecule has 0 atom stereocenters. The average molecular weight is 380 g/mol. The average Bonchev–Trinajstić information content (AvgIpc) is 2.64. The first-order valence-corrected chi connectivity index (χ1v) is 9.52. The van der Waals surface area contributed by atoms with Crippen LogP contribution < -0.4 is 9.47 Å². The van der Waals surface area contributed by atoms with Crippen LogP contribution in [0.3, 0.4) is 0 Å². The number of nitrogens with zero attached hydrogens (tertiary/aromatic N) is 2. The lowest BCUT2D eigenvalue weighted by Crippen LogP contribution is -2.06. The molecule has 5 heteroatoms. The van der Waals surface area contributed by atoms with Crippen molar-refractivity contribution >= 4 is 18.1 Å². The summed E-state index contributed by atoms with van der Waals surface area (Å²) in [5.74, 6) is 1.69. The molecule has 0 heterocycles. The van der Waals surface area contributed by atoms with Crippen molar-refractivity contribution in [2.45, 2.75) is 39.9 Å². The zero-order valence-corrected chi connectivity index (χ0v) is 17.1. The smallest absolute Gasteiger partial charge is 0.119 e. The van der Waals surface area contributed by atoms with E-state index in [-0.39, 0.29) is 12.2 Å². The Bertz CT molecular complexity index is 724. The molecule has 0 bridgehead atoms. The Hall–Kier alpha value is -2.95. The van der Waals surface area contributed by atoms with Crippen LogP contribution in [0, 0.1) is 5.41 Å². The summed E-state index contributed by atoms with van der Waals surface area (Å²) in [5.41, 5.74) is 2.43. The summed E-state index contributed by atoms with van der Waals surface area (Å²) in [6, 6.07) is 15.5. The molecule has 148 valence electrons. The van der Waals surface area contributed by atoms with Crippen molar-refractivity contribution < 1.29 is 9.47 Å². The molecule has 2 aromatic rings. The fourth-order valence-corrected chi connectivity index (χ4v) is 2.38. The molecule has 28 heavy (non-hydrogen) atoms. The van der Waals surface area contributed by atoms with E-state index in [0.717, 1.165) is 22.6 Å². The van der Waals surface area contributed by atoms with Crippen LogP contribution in [0.1, 0.15) is 38.8 Å². The Labute approximate surface area is 167 Å². The van der Waals surface area contributed by atoms with E-state index >= 15 is 0 Å². The summed E-state index contributed by atoms with van der Waals surface area (Å²) in [7, 11) is 0. The van der Waals surface area contributed by atoms with E-state index in [1.165, 1.54) is 0 Å². The van der Waals surface area contributed by atoms with Crippen LogP contribution in [0.5, 0.6) is 11.5 Å². The molecule has 1 N–H and O–H groups in total. The third kappa shape index (κ3) is 8.16. The SMILES string of the molecule is CC(C)Oc1ccc(C=NCC(=N)CN=Cc2ccc(OC(C)C)cc2)cc1. The maximum atomic E-state index is 7.97. The van der Waals surface area contributed by atoms with Gasteiger partial charge in [0.1, 0.15) is 11.5 Å². The minimum absolute atomic E-state index is 0.159. The molecule has 0 aliphatic rings. The monoisotopic (exact) mass is 379 g/mol. The van der Waals surface area contributed by atoms with Crippen LogP contribution in [0.2, 0.25) is 0 Å². The minimum atomic E-state index is 0.159. The molecule has 0 spiro atoms. The first-order valence-electron chi connectivity index (χ1n) is 9.52. The summed E-state index contributed by atoms with van der Waals surface area (Å²) < 4.78 is 11.2. The van der Waals surface area contributed by atoms with E-state index in [0.29, 0.717) is 18.8 Å². The van der Waals surface area contributed by atoms with Gasteiger partial charge in [-0.3, -0.25) is 9.98 Å². The van der Waals surface area contributed by atoms with Gasteiger partial charge in [0.05, 0.1) is 31.0 Å². The molecule has 0 unspecified atom stereocenters. The number of ether oxygens (including phenoxy) is 2. The second-order valence-corrected chi connectivity index (χ2v) is 7.01. The van der Waals surface area contributed by atoms with E-state index < -0.39 is 0 Å². The highest BCUT2D eigenvalue weighted by Crippen LogP contribution is 2.13. The minimum Gasteiger partial charge on any atom is -0.491 e. The van der Waals surface area contributed by atoms with E-state index in [4.69, 9.17) is 14.9 Å². The van der Waals surface area contributed by atoms with Crippen molar-refractivity contribution in [3.8, 4) is 11.5 Å². The fourth-order valence-electron chi connectivity index (χ4n) is 2.38. The highest BCUT2D eigenvalue weighted by Gasteiger charge is 1.98. The second-order valence-electron chi connectivity index (χ2n) is 7.01. The number of rotatable bonds is 10. The van der Waals surface area contributed by atoms with Gasteiger partial charge in [0.25, 0.3) is 0 Å². The largest absolute Gasteiger partial charge is 0.491 e. The number of aliphatic imine (C=N–C) groups is 2. The van der Waals surface area contributed by atoms with Crippen molar-refractivity contribution in [3.05, 3.63) is 59.7 Å². The number of hydrogen-bond acceptors (Lipinski definition) is 5. The molecule has 0 aliphatic carbocycles. The third-order valence-corrected chi connectivity index (χ3v) is 3.55. The van der Waals surface area contributed by atoms with Crippen LogP contribution >= 0.6 is 0 Å². The molecule has 2 aromatic carbocycles. The van der Waals surface area contributed by atoms with Crippen molar-refractivity contribution in [1.29, 1.82) is 5.41 Å². The first kappa shape index (κ1) is 21.4. The van der Waals surface area contributed by atoms with Gasteiger partial charge in [-0.25, -0.2) is 0 Å². The third-order valence-electron chi connectivity index (χ3n) is 3.55. The van der Waals surface area contributed by atoms with E-state index in [9.17, 15) is 0 Å². The van der Waals surface area contributed by atoms with Gasteiger partial charge in [-0.1, -0.05) is 0 Å². The van der Waals surface area contributed by atoms with Crippen LogP contribution in [0.15, 0.2) is 58.5 Å². The van der Waals surface area contributed by atoms with E-state index in [1.807, 2.05) is 76.2 Å². The molecular weight excluding hydrogens is 350 g/mol. The molecule has 5 nitrogen and oxygen atoms in total. The van der Waals surface area contributed by atoms with Crippen molar-refractivity contribution in [2.24, 2.45) is 9.98 Å². The number of hydrogen-bond donors (Lipinski definition) is 1. The van der Waals surface area contributed by atoms with Gasteiger partial charge in [0.15, 0.2) is 0 Å². The lowest BCUT2D eigenvalue weighted by Gasteiger charge is -2.09. The van der Waals surface area contributed by atoms with Crippen molar-refractivity contribution in [1.82, 2.24) is 0 Å². The van der Waals surface area contributed by atoms with Gasteiger partial charge in [-0.2, -0.15) is 0 Å². The van der Waals surface area contributed by atoms with Gasteiger partial charge >= 0.3 is 0 Å². The van der Waals surface area contributed by atoms with Gasteiger partial charge in [-0.15, -0.1) is 0 Å². The lowest BCUT2D eigenvalue weighted by atomic mass is 10.2. The number of benzene rings is 2. The first-order chi connectivity index (χ1) is 13.4. The van der Waals surface area contributed by atoms with Crippen molar-refractivity contribution in [3.63, 3.8) is 0 Å². The van der Waals surface area contributed by atoms with Crippen molar-refractivity contribution in [2.75, 3.05) is 13.1 Å². The molecule has 0 saturated heterocycles. The molecule has 2 rings (SSSR count). The Morgan fingerprint density at radius 2 is 1.11 bits per heavy atom. The van der Waals surface area contributed by atoms with Crippen LogP contribution in [0.4, 0.5) is 0 Å². The highest BCUT2D eigenvalue weighted by atomic mass is 16.5. The molecule has 0 aliphatic heterocycles. The quantitative estimate of drug-likeness (QED) is 0.602. The summed E-state index contributed by atoms with van der Waals surface area (Å²) in [5, 5.41) is 7.97. The van der Waals surface area contributed by atoms with Crippen LogP contribution in [-0.2, 0) is 0 Å². The standard InChI is InChI=1S/C23H29N3O2/c1-17(2)27-22-9-5-19(6-10-22)13-25-15-21(24)16-26-14-20-7-11-23(12-8-20)28-18(3)4/h5-14,17-18,24H,15-16H2,1-4H3. The summed E-state index contributed by atoms with van der Waals surface area (Å²) >= 11 is 0. The maximum Gasteiger partial charge on any atom is 0.119 e. The van der Waals surface area contributed by atoms with Crippen LogP contribution in [-0.4, -0.2) is 43.4 Å². The zero-order chi connectivity index (χ0) is 20.4. The Kier molecular flexibility index (Phi) is 8.40. The van der Waals surface area contributed by atoms with Gasteiger partial charge in [0, 0.05) is 12.4 Å². The maximum absolute atomic E-state index is 7.97.